The Morgan fingerprint density at radius 3 is 2.73 bits per heavy atom. The van der Waals surface area contributed by atoms with Gasteiger partial charge in [0.25, 0.3) is 0 Å². The Balaban J connectivity index is 2.03. The van der Waals surface area contributed by atoms with Gasteiger partial charge in [0, 0.05) is 37.4 Å². The highest BCUT2D eigenvalue weighted by Gasteiger charge is 2.22. The van der Waals surface area contributed by atoms with Crippen LogP contribution in [0.1, 0.15) is 38.3 Å². The normalized spacial score (nSPS) is 17.0. The smallest absolute Gasteiger partial charge is 0.0948 e. The van der Waals surface area contributed by atoms with Crippen molar-refractivity contribution < 1.29 is 0 Å². The molecule has 0 amide bonds. The lowest BCUT2D eigenvalue weighted by atomic mass is 9.98. The molecule has 2 rings (SSSR count). The van der Waals surface area contributed by atoms with Crippen LogP contribution in [0.2, 0.25) is 0 Å². The van der Waals surface area contributed by atoms with Gasteiger partial charge in [0.2, 0.25) is 0 Å². The van der Waals surface area contributed by atoms with Gasteiger partial charge in [-0.1, -0.05) is 26.7 Å². The second-order valence-electron chi connectivity index (χ2n) is 4.51. The van der Waals surface area contributed by atoms with E-state index in [2.05, 4.69) is 28.7 Å². The first-order valence-electron chi connectivity index (χ1n) is 6.05. The lowest BCUT2D eigenvalue weighted by Gasteiger charge is -2.28. The highest BCUT2D eigenvalue weighted by Crippen LogP contribution is 2.21. The standard InChI is InChI=1S/C12H21N3/c1-3-10(4-2)8-15-9-14-7-12(15)11-5-13-6-11/h7,9-11,13H,3-6,8H2,1-2H3. The molecule has 1 aromatic rings. The number of nitrogens with one attached hydrogen (secondary N) is 1. The fourth-order valence-electron chi connectivity index (χ4n) is 2.15. The van der Waals surface area contributed by atoms with Crippen LogP contribution in [-0.2, 0) is 6.54 Å². The molecule has 1 aromatic heterocycles. The molecule has 3 heteroatoms. The third-order valence-corrected chi connectivity index (χ3v) is 3.55. The third kappa shape index (κ3) is 2.23. The van der Waals surface area contributed by atoms with Gasteiger partial charge < -0.3 is 9.88 Å². The number of rotatable bonds is 5. The first-order valence-corrected chi connectivity index (χ1v) is 6.05. The number of aromatic nitrogens is 2. The molecule has 0 spiro atoms. The molecular formula is C12H21N3. The minimum Gasteiger partial charge on any atom is -0.334 e. The minimum absolute atomic E-state index is 0.696. The van der Waals surface area contributed by atoms with Crippen molar-refractivity contribution in [3.8, 4) is 0 Å². The lowest BCUT2D eigenvalue weighted by molar-refractivity contribution is 0.379. The summed E-state index contributed by atoms with van der Waals surface area (Å²) in [5.41, 5.74) is 1.42. The fourth-order valence-corrected chi connectivity index (χ4v) is 2.15. The molecule has 0 bridgehead atoms. The van der Waals surface area contributed by atoms with Gasteiger partial charge in [-0.2, -0.15) is 0 Å². The van der Waals surface area contributed by atoms with Crippen LogP contribution >= 0.6 is 0 Å². The summed E-state index contributed by atoms with van der Waals surface area (Å²) in [5, 5.41) is 3.32. The Labute approximate surface area is 91.9 Å². The molecule has 15 heavy (non-hydrogen) atoms. The van der Waals surface area contributed by atoms with E-state index in [1.54, 1.807) is 0 Å². The van der Waals surface area contributed by atoms with Gasteiger partial charge in [-0.15, -0.1) is 0 Å². The summed E-state index contributed by atoms with van der Waals surface area (Å²) < 4.78 is 2.35. The van der Waals surface area contributed by atoms with Crippen LogP contribution in [0.15, 0.2) is 12.5 Å². The predicted octanol–water partition coefficient (Wildman–Crippen LogP) is 2.01. The maximum absolute atomic E-state index is 4.28. The molecule has 2 heterocycles. The first-order chi connectivity index (χ1) is 7.35. The number of hydrogen-bond donors (Lipinski definition) is 1. The van der Waals surface area contributed by atoms with Crippen LogP contribution < -0.4 is 5.32 Å². The lowest BCUT2D eigenvalue weighted by Crippen LogP contribution is -2.41. The number of hydrogen-bond acceptors (Lipinski definition) is 2. The van der Waals surface area contributed by atoms with E-state index in [-0.39, 0.29) is 0 Å². The van der Waals surface area contributed by atoms with E-state index in [0.29, 0.717) is 5.92 Å². The molecule has 0 saturated carbocycles. The summed E-state index contributed by atoms with van der Waals surface area (Å²) in [6.07, 6.45) is 6.55. The highest BCUT2D eigenvalue weighted by molar-refractivity contribution is 5.11. The molecule has 1 N–H and O–H groups in total. The van der Waals surface area contributed by atoms with Crippen molar-refractivity contribution in [2.24, 2.45) is 5.92 Å². The van der Waals surface area contributed by atoms with E-state index in [1.165, 1.54) is 18.5 Å². The summed E-state index contributed by atoms with van der Waals surface area (Å²) in [7, 11) is 0. The van der Waals surface area contributed by atoms with Gasteiger partial charge >= 0.3 is 0 Å². The van der Waals surface area contributed by atoms with Crippen LogP contribution in [0.25, 0.3) is 0 Å². The topological polar surface area (TPSA) is 29.9 Å². The van der Waals surface area contributed by atoms with Gasteiger partial charge in [-0.05, 0) is 5.92 Å². The quantitative estimate of drug-likeness (QED) is 0.800. The van der Waals surface area contributed by atoms with Crippen molar-refractivity contribution in [1.29, 1.82) is 0 Å². The summed E-state index contributed by atoms with van der Waals surface area (Å²) >= 11 is 0. The van der Waals surface area contributed by atoms with E-state index in [1.807, 2.05) is 12.5 Å². The van der Waals surface area contributed by atoms with Gasteiger partial charge in [-0.3, -0.25) is 0 Å². The van der Waals surface area contributed by atoms with Crippen molar-refractivity contribution in [3.63, 3.8) is 0 Å². The largest absolute Gasteiger partial charge is 0.334 e. The number of nitrogens with zero attached hydrogens (tertiary/aromatic N) is 2. The second-order valence-corrected chi connectivity index (χ2v) is 4.51. The van der Waals surface area contributed by atoms with Crippen molar-refractivity contribution >= 4 is 0 Å². The van der Waals surface area contributed by atoms with Crippen LogP contribution in [-0.4, -0.2) is 22.6 Å². The van der Waals surface area contributed by atoms with E-state index in [0.717, 1.165) is 25.6 Å². The van der Waals surface area contributed by atoms with E-state index in [4.69, 9.17) is 0 Å². The van der Waals surface area contributed by atoms with Gasteiger partial charge in [0.05, 0.1) is 6.33 Å². The molecule has 1 aliphatic heterocycles. The van der Waals surface area contributed by atoms with Gasteiger partial charge in [0.1, 0.15) is 0 Å². The van der Waals surface area contributed by atoms with E-state index in [9.17, 15) is 0 Å². The summed E-state index contributed by atoms with van der Waals surface area (Å²) in [6.45, 7) is 7.92. The van der Waals surface area contributed by atoms with E-state index < -0.39 is 0 Å². The maximum Gasteiger partial charge on any atom is 0.0948 e. The van der Waals surface area contributed by atoms with Crippen LogP contribution in [0.5, 0.6) is 0 Å². The average Bonchev–Trinajstić information content (AvgIpc) is 2.60. The monoisotopic (exact) mass is 207 g/mol. The zero-order valence-electron chi connectivity index (χ0n) is 9.74. The van der Waals surface area contributed by atoms with Gasteiger partial charge in [-0.25, -0.2) is 4.98 Å². The Morgan fingerprint density at radius 1 is 1.47 bits per heavy atom. The maximum atomic E-state index is 4.28. The molecule has 1 fully saturated rings. The highest BCUT2D eigenvalue weighted by atomic mass is 15.1. The third-order valence-electron chi connectivity index (χ3n) is 3.55. The predicted molar refractivity (Wildman–Crippen MR) is 61.9 cm³/mol. The molecule has 1 saturated heterocycles. The SMILES string of the molecule is CCC(CC)Cn1cncc1C1CNC1. The zero-order chi connectivity index (χ0) is 10.7. The molecule has 0 atom stereocenters. The molecule has 1 aliphatic rings. The average molecular weight is 207 g/mol. The summed E-state index contributed by atoms with van der Waals surface area (Å²) in [4.78, 5) is 4.28. The molecule has 0 aliphatic carbocycles. The van der Waals surface area contributed by atoms with Crippen molar-refractivity contribution in [1.82, 2.24) is 14.9 Å². The summed E-state index contributed by atoms with van der Waals surface area (Å²) in [6, 6.07) is 0. The molecule has 3 nitrogen and oxygen atoms in total. The second kappa shape index (κ2) is 4.79. The Kier molecular flexibility index (Phi) is 3.41. The van der Waals surface area contributed by atoms with Crippen LogP contribution in [0, 0.1) is 5.92 Å². The molecule has 0 unspecified atom stereocenters. The molecular weight excluding hydrogens is 186 g/mol. The zero-order valence-corrected chi connectivity index (χ0v) is 9.74. The Bertz CT molecular complexity index is 298. The van der Waals surface area contributed by atoms with E-state index >= 15 is 0 Å². The van der Waals surface area contributed by atoms with Crippen molar-refractivity contribution in [2.45, 2.75) is 39.2 Å². The Hall–Kier alpha value is -0.830. The van der Waals surface area contributed by atoms with Crippen molar-refractivity contribution in [2.75, 3.05) is 13.1 Å². The van der Waals surface area contributed by atoms with Crippen molar-refractivity contribution in [3.05, 3.63) is 18.2 Å². The van der Waals surface area contributed by atoms with Gasteiger partial charge in [0.15, 0.2) is 0 Å². The number of imidazole rings is 1. The first kappa shape index (κ1) is 10.7. The molecule has 84 valence electrons. The van der Waals surface area contributed by atoms with Crippen LogP contribution in [0.3, 0.4) is 0 Å². The minimum atomic E-state index is 0.696. The summed E-state index contributed by atoms with van der Waals surface area (Å²) in [5.74, 6) is 1.49. The van der Waals surface area contributed by atoms with Crippen LogP contribution in [0.4, 0.5) is 0 Å². The molecule has 0 radical (unpaired) electrons. The Morgan fingerprint density at radius 2 is 2.20 bits per heavy atom. The fraction of sp³-hybridized carbons (Fsp3) is 0.750. The molecule has 0 aromatic carbocycles.